The Labute approximate surface area is 106 Å². The van der Waals surface area contributed by atoms with Crippen LogP contribution in [0.5, 0.6) is 0 Å². The molecule has 0 saturated carbocycles. The quantitative estimate of drug-likeness (QED) is 0.868. The van der Waals surface area contributed by atoms with E-state index in [1.165, 1.54) is 0 Å². The van der Waals surface area contributed by atoms with E-state index < -0.39 is 0 Å². The molecule has 0 bridgehead atoms. The summed E-state index contributed by atoms with van der Waals surface area (Å²) in [6, 6.07) is 1.91. The van der Waals surface area contributed by atoms with E-state index >= 15 is 0 Å². The lowest BCUT2D eigenvalue weighted by Crippen LogP contribution is -2.13. The third kappa shape index (κ3) is 2.84. The number of hydrogen-bond donors (Lipinski definition) is 1. The van der Waals surface area contributed by atoms with Gasteiger partial charge in [0, 0.05) is 32.7 Å². The number of hydrogen-bond acceptors (Lipinski definition) is 5. The highest BCUT2D eigenvalue weighted by atomic mass is 16.5. The predicted molar refractivity (Wildman–Crippen MR) is 68.0 cm³/mol. The average Bonchev–Trinajstić information content (AvgIpc) is 2.76. The zero-order valence-corrected chi connectivity index (χ0v) is 10.8. The highest BCUT2D eigenvalue weighted by molar-refractivity contribution is 5.35. The SMILES string of the molecule is COCc1nccc(NC(C)c2nccn2C)n1. The van der Waals surface area contributed by atoms with Crippen molar-refractivity contribution in [2.75, 3.05) is 12.4 Å². The van der Waals surface area contributed by atoms with Crippen LogP contribution in [0.15, 0.2) is 24.7 Å². The molecule has 1 atom stereocenters. The Morgan fingerprint density at radius 2 is 2.22 bits per heavy atom. The standard InChI is InChI=1S/C12H17N5O/c1-9(12-14-6-7-17(12)2)15-10-4-5-13-11(16-10)8-18-3/h4-7,9H,8H2,1-3H3,(H,13,15,16). The Morgan fingerprint density at radius 3 is 2.89 bits per heavy atom. The van der Waals surface area contributed by atoms with Gasteiger partial charge in [0.05, 0.1) is 6.04 Å². The van der Waals surface area contributed by atoms with Crippen molar-refractivity contribution in [2.45, 2.75) is 19.6 Å². The van der Waals surface area contributed by atoms with Crippen molar-refractivity contribution in [1.29, 1.82) is 0 Å². The lowest BCUT2D eigenvalue weighted by molar-refractivity contribution is 0.178. The molecule has 6 heteroatoms. The highest BCUT2D eigenvalue weighted by Crippen LogP contribution is 2.15. The van der Waals surface area contributed by atoms with E-state index in [4.69, 9.17) is 4.74 Å². The van der Waals surface area contributed by atoms with E-state index in [9.17, 15) is 0 Å². The maximum absolute atomic E-state index is 5.01. The first kappa shape index (κ1) is 12.5. The van der Waals surface area contributed by atoms with E-state index in [0.717, 1.165) is 11.6 Å². The summed E-state index contributed by atoms with van der Waals surface area (Å²) in [5.74, 6) is 2.39. The second-order valence-electron chi connectivity index (χ2n) is 4.05. The maximum Gasteiger partial charge on any atom is 0.156 e. The first-order chi connectivity index (χ1) is 8.70. The van der Waals surface area contributed by atoms with Crippen molar-refractivity contribution in [3.63, 3.8) is 0 Å². The molecule has 0 radical (unpaired) electrons. The van der Waals surface area contributed by atoms with Crippen molar-refractivity contribution in [1.82, 2.24) is 19.5 Å². The molecule has 0 aromatic carbocycles. The molecule has 0 saturated heterocycles. The van der Waals surface area contributed by atoms with Crippen LogP contribution in [-0.2, 0) is 18.4 Å². The summed E-state index contributed by atoms with van der Waals surface area (Å²) >= 11 is 0. The summed E-state index contributed by atoms with van der Waals surface area (Å²) in [7, 11) is 3.59. The summed E-state index contributed by atoms with van der Waals surface area (Å²) in [5.41, 5.74) is 0. The molecule has 0 aliphatic carbocycles. The van der Waals surface area contributed by atoms with E-state index in [2.05, 4.69) is 20.3 Å². The zero-order chi connectivity index (χ0) is 13.0. The van der Waals surface area contributed by atoms with Crippen molar-refractivity contribution >= 4 is 5.82 Å². The minimum atomic E-state index is 0.0790. The molecule has 2 aromatic rings. The first-order valence-electron chi connectivity index (χ1n) is 5.75. The molecular weight excluding hydrogens is 230 g/mol. The molecule has 1 N–H and O–H groups in total. The highest BCUT2D eigenvalue weighted by Gasteiger charge is 2.10. The number of imidazole rings is 1. The molecule has 2 rings (SSSR count). The molecule has 2 aromatic heterocycles. The van der Waals surface area contributed by atoms with E-state index in [-0.39, 0.29) is 6.04 Å². The third-order valence-corrected chi connectivity index (χ3v) is 2.59. The predicted octanol–water partition coefficient (Wildman–Crippen LogP) is 1.53. The zero-order valence-electron chi connectivity index (χ0n) is 10.8. The second-order valence-corrected chi connectivity index (χ2v) is 4.05. The smallest absolute Gasteiger partial charge is 0.156 e. The van der Waals surface area contributed by atoms with Crippen molar-refractivity contribution in [2.24, 2.45) is 7.05 Å². The fraction of sp³-hybridized carbons (Fsp3) is 0.417. The van der Waals surface area contributed by atoms with Gasteiger partial charge in [-0.2, -0.15) is 0 Å². The second kappa shape index (κ2) is 5.59. The van der Waals surface area contributed by atoms with Crippen molar-refractivity contribution in [3.05, 3.63) is 36.3 Å². The topological polar surface area (TPSA) is 64.9 Å². The molecule has 96 valence electrons. The number of aromatic nitrogens is 4. The van der Waals surface area contributed by atoms with Crippen LogP contribution in [0.3, 0.4) is 0 Å². The Kier molecular flexibility index (Phi) is 3.88. The Morgan fingerprint density at radius 1 is 1.39 bits per heavy atom. The van der Waals surface area contributed by atoms with Crippen LogP contribution in [0, 0.1) is 0 Å². The molecule has 0 aliphatic rings. The number of methoxy groups -OCH3 is 1. The molecule has 2 heterocycles. The molecule has 18 heavy (non-hydrogen) atoms. The van der Waals surface area contributed by atoms with E-state index in [1.54, 1.807) is 19.5 Å². The monoisotopic (exact) mass is 247 g/mol. The Hall–Kier alpha value is -1.95. The molecule has 0 spiro atoms. The van der Waals surface area contributed by atoms with Crippen LogP contribution in [0.25, 0.3) is 0 Å². The van der Waals surface area contributed by atoms with Crippen LogP contribution in [0.1, 0.15) is 24.6 Å². The first-order valence-corrected chi connectivity index (χ1v) is 5.75. The Bertz CT molecular complexity index is 511. The van der Waals surface area contributed by atoms with Gasteiger partial charge in [0.1, 0.15) is 18.2 Å². The fourth-order valence-electron chi connectivity index (χ4n) is 1.76. The van der Waals surface area contributed by atoms with Gasteiger partial charge in [-0.25, -0.2) is 15.0 Å². The van der Waals surface area contributed by atoms with E-state index in [0.29, 0.717) is 12.4 Å². The van der Waals surface area contributed by atoms with Gasteiger partial charge in [-0.15, -0.1) is 0 Å². The van der Waals surface area contributed by atoms with Gasteiger partial charge in [-0.1, -0.05) is 0 Å². The average molecular weight is 247 g/mol. The number of nitrogens with zero attached hydrogens (tertiary/aromatic N) is 4. The van der Waals surface area contributed by atoms with Gasteiger partial charge in [-0.05, 0) is 13.0 Å². The molecule has 1 unspecified atom stereocenters. The fourth-order valence-corrected chi connectivity index (χ4v) is 1.76. The summed E-state index contributed by atoms with van der Waals surface area (Å²) in [6.45, 7) is 2.45. The minimum Gasteiger partial charge on any atom is -0.377 e. The number of rotatable bonds is 5. The van der Waals surface area contributed by atoms with Crippen molar-refractivity contribution < 1.29 is 4.74 Å². The van der Waals surface area contributed by atoms with Gasteiger partial charge in [0.15, 0.2) is 5.82 Å². The molecular formula is C12H17N5O. The number of ether oxygens (including phenoxy) is 1. The molecule has 6 nitrogen and oxygen atoms in total. The van der Waals surface area contributed by atoms with Crippen molar-refractivity contribution in [3.8, 4) is 0 Å². The lowest BCUT2D eigenvalue weighted by atomic mass is 10.3. The number of anilines is 1. The molecule has 0 fully saturated rings. The Balaban J connectivity index is 2.09. The van der Waals surface area contributed by atoms with Crippen LogP contribution >= 0.6 is 0 Å². The lowest BCUT2D eigenvalue weighted by Gasteiger charge is -2.14. The van der Waals surface area contributed by atoms with Gasteiger partial charge < -0.3 is 14.6 Å². The summed E-state index contributed by atoms with van der Waals surface area (Å²) in [6.07, 6.45) is 5.42. The van der Waals surface area contributed by atoms with Crippen LogP contribution < -0.4 is 5.32 Å². The summed E-state index contributed by atoms with van der Waals surface area (Å²) < 4.78 is 6.99. The van der Waals surface area contributed by atoms with E-state index in [1.807, 2.05) is 30.8 Å². The minimum absolute atomic E-state index is 0.0790. The van der Waals surface area contributed by atoms with Crippen LogP contribution in [0.2, 0.25) is 0 Å². The number of nitrogens with one attached hydrogen (secondary N) is 1. The van der Waals surface area contributed by atoms with Gasteiger partial charge in [-0.3, -0.25) is 0 Å². The summed E-state index contributed by atoms with van der Waals surface area (Å²) in [4.78, 5) is 12.8. The van der Waals surface area contributed by atoms with Crippen LogP contribution in [-0.4, -0.2) is 26.6 Å². The van der Waals surface area contributed by atoms with Gasteiger partial charge in [0.2, 0.25) is 0 Å². The summed E-state index contributed by atoms with van der Waals surface area (Å²) in [5, 5.41) is 3.29. The largest absolute Gasteiger partial charge is 0.377 e. The number of aryl methyl sites for hydroxylation is 1. The molecule has 0 aliphatic heterocycles. The van der Waals surface area contributed by atoms with Gasteiger partial charge in [0.25, 0.3) is 0 Å². The maximum atomic E-state index is 5.01. The normalized spacial score (nSPS) is 12.4. The molecule has 0 amide bonds. The van der Waals surface area contributed by atoms with Crippen LogP contribution in [0.4, 0.5) is 5.82 Å². The third-order valence-electron chi connectivity index (χ3n) is 2.59. The van der Waals surface area contributed by atoms with Gasteiger partial charge >= 0.3 is 0 Å².